The van der Waals surface area contributed by atoms with Crippen LogP contribution in [0.25, 0.3) is 0 Å². The molecule has 0 amide bonds. The van der Waals surface area contributed by atoms with Gasteiger partial charge in [-0.3, -0.25) is 18.1 Å². The highest BCUT2D eigenvalue weighted by Crippen LogP contribution is 2.54. The molecule has 0 unspecified atom stereocenters. The van der Waals surface area contributed by atoms with E-state index in [1.807, 2.05) is 12.1 Å². The SMILES string of the molecule is COCO[C@@H]1[C@H](C)[C@@H](OP(=O)=O)[C@H](OP(=O)(OCc2ccccc2)OCc2ccccc2)[C@@H](OCOC)[C@@H]1O. The Morgan fingerprint density at radius 1 is 0.769 bits per heavy atom. The van der Waals surface area contributed by atoms with Crippen molar-refractivity contribution in [2.24, 2.45) is 5.92 Å². The summed E-state index contributed by atoms with van der Waals surface area (Å²) < 4.78 is 81.2. The van der Waals surface area contributed by atoms with Crippen molar-refractivity contribution >= 4 is 15.7 Å². The van der Waals surface area contributed by atoms with Crippen LogP contribution in [0.4, 0.5) is 0 Å². The summed E-state index contributed by atoms with van der Waals surface area (Å²) in [6, 6.07) is 17.9. The molecule has 0 aliphatic heterocycles. The number of rotatable bonds is 16. The molecule has 0 bridgehead atoms. The first kappa shape index (κ1) is 31.7. The molecule has 0 aromatic heterocycles. The third-order valence-electron chi connectivity index (χ3n) is 6.04. The predicted molar refractivity (Wildman–Crippen MR) is 137 cm³/mol. The van der Waals surface area contributed by atoms with E-state index in [0.29, 0.717) is 11.1 Å². The number of phosphoric acid groups is 1. The van der Waals surface area contributed by atoms with Crippen molar-refractivity contribution in [3.63, 3.8) is 0 Å². The van der Waals surface area contributed by atoms with E-state index in [9.17, 15) is 18.8 Å². The lowest BCUT2D eigenvalue weighted by Gasteiger charge is -2.46. The molecule has 2 aromatic rings. The molecule has 216 valence electrons. The van der Waals surface area contributed by atoms with Crippen molar-refractivity contribution in [2.75, 3.05) is 27.8 Å². The lowest BCUT2D eigenvalue weighted by Crippen LogP contribution is -2.62. The number of aliphatic hydroxyl groups is 1. The third kappa shape index (κ3) is 9.38. The molecule has 6 atom stereocenters. The fourth-order valence-electron chi connectivity index (χ4n) is 4.18. The lowest BCUT2D eigenvalue weighted by atomic mass is 9.79. The van der Waals surface area contributed by atoms with E-state index < -0.39 is 52.2 Å². The monoisotopic (exact) mass is 588 g/mol. The molecular weight excluding hydrogens is 554 g/mol. The van der Waals surface area contributed by atoms with Crippen LogP contribution in [-0.4, -0.2) is 63.4 Å². The van der Waals surface area contributed by atoms with E-state index in [1.165, 1.54) is 14.2 Å². The van der Waals surface area contributed by atoms with Gasteiger partial charge < -0.3 is 24.1 Å². The Hall–Kier alpha value is -1.79. The largest absolute Gasteiger partial charge is 0.475 e. The summed E-state index contributed by atoms with van der Waals surface area (Å²) in [4.78, 5) is 0. The fraction of sp³-hybridized carbons (Fsp3) is 0.520. The molecule has 39 heavy (non-hydrogen) atoms. The summed E-state index contributed by atoms with van der Waals surface area (Å²) in [7, 11) is -5.06. The van der Waals surface area contributed by atoms with E-state index in [2.05, 4.69) is 0 Å². The van der Waals surface area contributed by atoms with Gasteiger partial charge in [-0.15, -0.1) is 0 Å². The highest BCUT2D eigenvalue weighted by atomic mass is 31.2. The van der Waals surface area contributed by atoms with Crippen LogP contribution in [0.1, 0.15) is 18.1 Å². The summed E-state index contributed by atoms with van der Waals surface area (Å²) in [5, 5.41) is 11.2. The van der Waals surface area contributed by atoms with Crippen LogP contribution in [0, 0.1) is 5.92 Å². The van der Waals surface area contributed by atoms with Crippen LogP contribution < -0.4 is 0 Å². The minimum Gasteiger partial charge on any atom is -0.388 e. The minimum absolute atomic E-state index is 0.137. The molecular formula is C25H34O12P2. The quantitative estimate of drug-likeness (QED) is 0.219. The molecule has 0 saturated heterocycles. The van der Waals surface area contributed by atoms with Gasteiger partial charge >= 0.3 is 15.7 Å². The highest BCUT2D eigenvalue weighted by molar-refractivity contribution is 7.48. The number of ether oxygens (including phenoxy) is 4. The predicted octanol–water partition coefficient (Wildman–Crippen LogP) is 4.38. The second kappa shape index (κ2) is 15.9. The molecule has 0 radical (unpaired) electrons. The first-order valence-electron chi connectivity index (χ1n) is 12.1. The lowest BCUT2D eigenvalue weighted by molar-refractivity contribution is -0.247. The maximum absolute atomic E-state index is 14.1. The number of aliphatic hydroxyl groups excluding tert-OH is 1. The maximum atomic E-state index is 14.1. The molecule has 1 N–H and O–H groups in total. The van der Waals surface area contributed by atoms with Gasteiger partial charge in [-0.2, -0.15) is 0 Å². The standard InChI is InChI=1S/C25H34O12P2/c1-18-22(32-16-30-2)21(26)24(33-17-31-3)25(23(18)36-38(27)28)37-39(29,34-14-19-10-6-4-7-11-19)35-15-20-12-8-5-9-13-20/h4-13,18,21-26H,14-17H2,1-3H3/t18-,21+,22+,23+,24-,25-/m0/s1. The van der Waals surface area contributed by atoms with Gasteiger partial charge in [0.2, 0.25) is 0 Å². The van der Waals surface area contributed by atoms with E-state index in [0.717, 1.165) is 0 Å². The van der Waals surface area contributed by atoms with Crippen LogP contribution in [0.15, 0.2) is 60.7 Å². The average molecular weight is 588 g/mol. The normalized spacial score (nSPS) is 25.4. The van der Waals surface area contributed by atoms with Crippen LogP contribution in [0.3, 0.4) is 0 Å². The molecule has 1 aliphatic rings. The number of benzene rings is 2. The van der Waals surface area contributed by atoms with Crippen molar-refractivity contribution in [1.82, 2.24) is 0 Å². The van der Waals surface area contributed by atoms with Crippen LogP contribution in [-0.2, 0) is 64.0 Å². The van der Waals surface area contributed by atoms with Gasteiger partial charge in [-0.1, -0.05) is 67.6 Å². The summed E-state index contributed by atoms with van der Waals surface area (Å²) in [6.45, 7) is 0.827. The van der Waals surface area contributed by atoms with Crippen LogP contribution in [0.2, 0.25) is 0 Å². The van der Waals surface area contributed by atoms with Crippen molar-refractivity contribution < 1.29 is 55.8 Å². The topological polar surface area (TPSA) is 145 Å². The molecule has 1 aliphatic carbocycles. The molecule has 1 saturated carbocycles. The zero-order valence-corrected chi connectivity index (χ0v) is 23.7. The number of hydrogen-bond acceptors (Lipinski definition) is 12. The van der Waals surface area contributed by atoms with Gasteiger partial charge in [0, 0.05) is 20.1 Å². The molecule has 12 nitrogen and oxygen atoms in total. The first-order chi connectivity index (χ1) is 18.8. The molecule has 0 spiro atoms. The zero-order chi connectivity index (χ0) is 28.3. The third-order valence-corrected chi connectivity index (χ3v) is 7.84. The summed E-state index contributed by atoms with van der Waals surface area (Å²) >= 11 is 0. The van der Waals surface area contributed by atoms with E-state index >= 15 is 0 Å². The van der Waals surface area contributed by atoms with Gasteiger partial charge in [0.15, 0.2) is 0 Å². The Balaban J connectivity index is 1.94. The Labute approximate surface area is 227 Å². The molecule has 2 aromatic carbocycles. The van der Waals surface area contributed by atoms with Crippen molar-refractivity contribution in [2.45, 2.75) is 50.7 Å². The van der Waals surface area contributed by atoms with Gasteiger partial charge in [0.25, 0.3) is 0 Å². The fourth-order valence-corrected chi connectivity index (χ4v) is 6.04. The van der Waals surface area contributed by atoms with E-state index in [1.54, 1.807) is 55.5 Å². The zero-order valence-electron chi connectivity index (χ0n) is 21.9. The maximum Gasteiger partial charge on any atom is 0.475 e. The Bertz CT molecular complexity index is 1050. The van der Waals surface area contributed by atoms with E-state index in [4.69, 9.17) is 37.0 Å². The Morgan fingerprint density at radius 2 is 1.26 bits per heavy atom. The number of hydrogen-bond donors (Lipinski definition) is 1. The second-order valence-corrected chi connectivity index (χ2v) is 11.0. The first-order valence-corrected chi connectivity index (χ1v) is 14.7. The van der Waals surface area contributed by atoms with Crippen molar-refractivity contribution in [1.29, 1.82) is 0 Å². The Morgan fingerprint density at radius 3 is 1.72 bits per heavy atom. The highest BCUT2D eigenvalue weighted by Gasteiger charge is 2.54. The molecule has 3 rings (SSSR count). The molecule has 0 heterocycles. The minimum atomic E-state index is -4.44. The van der Waals surface area contributed by atoms with Gasteiger partial charge in [0.1, 0.15) is 38.0 Å². The molecule has 14 heteroatoms. The summed E-state index contributed by atoms with van der Waals surface area (Å²) in [5.74, 6) is -0.785. The summed E-state index contributed by atoms with van der Waals surface area (Å²) in [5.41, 5.74) is 1.38. The smallest absolute Gasteiger partial charge is 0.388 e. The molecule has 1 fully saturated rings. The van der Waals surface area contributed by atoms with E-state index in [-0.39, 0.29) is 26.8 Å². The van der Waals surface area contributed by atoms with Crippen molar-refractivity contribution in [3.05, 3.63) is 71.8 Å². The Kier molecular flexibility index (Phi) is 12.9. The number of phosphoric ester groups is 1. The van der Waals surface area contributed by atoms with Gasteiger partial charge in [-0.05, 0) is 11.1 Å². The average Bonchev–Trinajstić information content (AvgIpc) is 2.94. The van der Waals surface area contributed by atoms with Crippen LogP contribution in [0.5, 0.6) is 0 Å². The van der Waals surface area contributed by atoms with Crippen molar-refractivity contribution in [3.8, 4) is 0 Å². The van der Waals surface area contributed by atoms with Gasteiger partial charge in [0.05, 0.1) is 19.3 Å². The number of methoxy groups -OCH3 is 2. The van der Waals surface area contributed by atoms with Crippen LogP contribution >= 0.6 is 15.7 Å². The summed E-state index contributed by atoms with van der Waals surface area (Å²) in [6.07, 6.45) is -6.40. The second-order valence-electron chi connectivity index (χ2n) is 8.75. The van der Waals surface area contributed by atoms with Gasteiger partial charge in [-0.25, -0.2) is 13.7 Å².